The normalized spacial score (nSPS) is 9.67. The Bertz CT molecular complexity index is 281. The van der Waals surface area contributed by atoms with Gasteiger partial charge in [0.05, 0.1) is 7.11 Å². The predicted molar refractivity (Wildman–Crippen MR) is 40.6 cm³/mol. The number of hydrogen-bond acceptors (Lipinski definition) is 4. The van der Waals surface area contributed by atoms with Gasteiger partial charge in [0.2, 0.25) is 5.88 Å². The molecule has 0 saturated carbocycles. The molecule has 4 nitrogen and oxygen atoms in total. The number of aromatic nitrogens is 1. The largest absolute Gasteiger partial charge is 0.493 e. The van der Waals surface area contributed by atoms with Crippen molar-refractivity contribution in [3.05, 3.63) is 18.1 Å². The van der Waals surface area contributed by atoms with Gasteiger partial charge in [0.25, 0.3) is 0 Å². The Morgan fingerprint density at radius 3 is 2.67 bits per heavy atom. The van der Waals surface area contributed by atoms with Gasteiger partial charge in [-0.2, -0.15) is 0 Å². The predicted octanol–water partition coefficient (Wildman–Crippen LogP) is -1.09. The van der Waals surface area contributed by atoms with Gasteiger partial charge in [-0.3, -0.25) is 0 Å². The van der Waals surface area contributed by atoms with Gasteiger partial charge in [-0.15, -0.1) is 0 Å². The van der Waals surface area contributed by atoms with Gasteiger partial charge in [-0.1, -0.05) is 0 Å². The molecule has 0 aliphatic rings. The molecule has 0 bridgehead atoms. The maximum atomic E-state index is 12.8. The van der Waals surface area contributed by atoms with Crippen LogP contribution in [0.15, 0.2) is 12.3 Å². The first kappa shape index (κ1) is 8.96. The number of halogens is 1. The van der Waals surface area contributed by atoms with Gasteiger partial charge in [0, 0.05) is 17.7 Å². The Labute approximate surface area is 68.8 Å². The van der Waals surface area contributed by atoms with Gasteiger partial charge in [0.15, 0.2) is 0 Å². The van der Waals surface area contributed by atoms with Crippen molar-refractivity contribution in [3.8, 4) is 5.88 Å². The molecule has 0 unspecified atom stereocenters. The molecule has 1 aromatic heterocycles. The van der Waals surface area contributed by atoms with Crippen LogP contribution in [0.2, 0.25) is 0 Å². The molecular formula is C6H7BFNO3. The molecule has 0 spiro atoms. The molecule has 0 aliphatic carbocycles. The number of methoxy groups -OCH3 is 1. The highest BCUT2D eigenvalue weighted by Gasteiger charge is 2.17. The molecule has 0 radical (unpaired) electrons. The minimum absolute atomic E-state index is 0.0944. The van der Waals surface area contributed by atoms with Crippen LogP contribution in [0.5, 0.6) is 5.88 Å². The van der Waals surface area contributed by atoms with Gasteiger partial charge in [-0.25, -0.2) is 9.37 Å². The monoisotopic (exact) mass is 171 g/mol. The van der Waals surface area contributed by atoms with Crippen molar-refractivity contribution in [1.82, 2.24) is 4.98 Å². The lowest BCUT2D eigenvalue weighted by Crippen LogP contribution is -2.33. The second-order valence-electron chi connectivity index (χ2n) is 2.12. The molecule has 0 amide bonds. The van der Waals surface area contributed by atoms with Crippen LogP contribution < -0.4 is 10.2 Å². The Morgan fingerprint density at radius 1 is 1.58 bits per heavy atom. The average Bonchev–Trinajstić information content (AvgIpc) is 2.03. The summed E-state index contributed by atoms with van der Waals surface area (Å²) in [4.78, 5) is 3.60. The van der Waals surface area contributed by atoms with E-state index in [2.05, 4.69) is 9.72 Å². The number of rotatable bonds is 2. The van der Waals surface area contributed by atoms with Gasteiger partial charge >= 0.3 is 7.12 Å². The summed E-state index contributed by atoms with van der Waals surface area (Å²) in [7, 11) is -0.500. The van der Waals surface area contributed by atoms with E-state index in [1.165, 1.54) is 7.11 Å². The first-order valence-electron chi connectivity index (χ1n) is 3.20. The molecule has 0 fully saturated rings. The minimum Gasteiger partial charge on any atom is -0.481 e. The first-order chi connectivity index (χ1) is 5.65. The van der Waals surface area contributed by atoms with Crippen LogP contribution in [-0.2, 0) is 0 Å². The van der Waals surface area contributed by atoms with Crippen molar-refractivity contribution in [3.63, 3.8) is 0 Å². The quantitative estimate of drug-likeness (QED) is 0.555. The number of hydrogen-bond donors (Lipinski definition) is 2. The molecule has 2 N–H and O–H groups in total. The fraction of sp³-hybridized carbons (Fsp3) is 0.167. The highest BCUT2D eigenvalue weighted by Crippen LogP contribution is 2.04. The van der Waals surface area contributed by atoms with Crippen molar-refractivity contribution in [2.24, 2.45) is 0 Å². The lowest BCUT2D eigenvalue weighted by atomic mass is 9.81. The maximum Gasteiger partial charge on any atom is 0.493 e. The molecule has 0 saturated heterocycles. The summed E-state index contributed by atoms with van der Waals surface area (Å²) in [6.45, 7) is 0. The van der Waals surface area contributed by atoms with Crippen LogP contribution in [0, 0.1) is 5.82 Å². The van der Waals surface area contributed by atoms with E-state index in [-0.39, 0.29) is 11.3 Å². The Kier molecular flexibility index (Phi) is 2.62. The number of pyridine rings is 1. The summed E-state index contributed by atoms with van der Waals surface area (Å²) in [6, 6.07) is 0.981. The molecule has 1 heterocycles. The SMILES string of the molecule is COc1cc(F)c(B(O)O)cn1. The van der Waals surface area contributed by atoms with E-state index in [1.54, 1.807) is 0 Å². The van der Waals surface area contributed by atoms with E-state index in [4.69, 9.17) is 10.0 Å². The van der Waals surface area contributed by atoms with Crippen molar-refractivity contribution in [1.29, 1.82) is 0 Å². The molecule has 1 rings (SSSR count). The summed E-state index contributed by atoms with van der Waals surface area (Å²) in [5.74, 6) is -0.659. The molecule has 12 heavy (non-hydrogen) atoms. The second kappa shape index (κ2) is 3.51. The fourth-order valence-electron chi connectivity index (χ4n) is 0.725. The van der Waals surface area contributed by atoms with Crippen molar-refractivity contribution in [2.75, 3.05) is 7.11 Å². The van der Waals surface area contributed by atoms with E-state index < -0.39 is 12.9 Å². The Hall–Kier alpha value is -1.14. The maximum absolute atomic E-state index is 12.8. The van der Waals surface area contributed by atoms with Gasteiger partial charge in [0.1, 0.15) is 5.82 Å². The third kappa shape index (κ3) is 1.72. The van der Waals surface area contributed by atoms with Crippen LogP contribution in [0.3, 0.4) is 0 Å². The summed E-state index contributed by atoms with van der Waals surface area (Å²) >= 11 is 0. The van der Waals surface area contributed by atoms with Crippen LogP contribution in [0.4, 0.5) is 4.39 Å². The number of ether oxygens (including phenoxy) is 1. The average molecular weight is 171 g/mol. The highest BCUT2D eigenvalue weighted by atomic mass is 19.1. The standard InChI is InChI=1S/C6H7BFNO3/c1-12-6-2-5(8)4(3-9-6)7(10)11/h2-3,10-11H,1H3. The first-order valence-corrected chi connectivity index (χ1v) is 3.20. The summed E-state index contributed by atoms with van der Waals surface area (Å²) in [5.41, 5.74) is -0.268. The molecule has 6 heteroatoms. The second-order valence-corrected chi connectivity index (χ2v) is 2.12. The number of nitrogens with zero attached hydrogens (tertiary/aromatic N) is 1. The topological polar surface area (TPSA) is 62.6 Å². The molecule has 0 aromatic carbocycles. The zero-order valence-corrected chi connectivity index (χ0v) is 6.36. The Morgan fingerprint density at radius 2 is 2.25 bits per heavy atom. The van der Waals surface area contributed by atoms with Crippen molar-refractivity contribution >= 4 is 12.6 Å². The molecule has 0 atom stereocenters. The van der Waals surface area contributed by atoms with E-state index >= 15 is 0 Å². The lowest BCUT2D eigenvalue weighted by molar-refractivity contribution is 0.393. The Balaban J connectivity index is 3.03. The zero-order chi connectivity index (χ0) is 9.14. The van der Waals surface area contributed by atoms with Crippen molar-refractivity contribution in [2.45, 2.75) is 0 Å². The summed E-state index contributed by atoms with van der Waals surface area (Å²) in [5, 5.41) is 17.2. The lowest BCUT2D eigenvalue weighted by Gasteiger charge is -2.02. The summed E-state index contributed by atoms with van der Waals surface area (Å²) < 4.78 is 17.5. The zero-order valence-electron chi connectivity index (χ0n) is 6.36. The summed E-state index contributed by atoms with van der Waals surface area (Å²) in [6.07, 6.45) is 1.01. The molecule has 0 aliphatic heterocycles. The van der Waals surface area contributed by atoms with Crippen LogP contribution in [0.25, 0.3) is 0 Å². The molecule has 64 valence electrons. The highest BCUT2D eigenvalue weighted by molar-refractivity contribution is 6.58. The van der Waals surface area contributed by atoms with E-state index in [0.717, 1.165) is 12.3 Å². The fourth-order valence-corrected chi connectivity index (χ4v) is 0.725. The van der Waals surface area contributed by atoms with Gasteiger partial charge in [-0.05, 0) is 0 Å². The molecule has 1 aromatic rings. The molecular weight excluding hydrogens is 164 g/mol. The van der Waals surface area contributed by atoms with Gasteiger partial charge < -0.3 is 14.8 Å². The van der Waals surface area contributed by atoms with Crippen molar-refractivity contribution < 1.29 is 19.2 Å². The van der Waals surface area contributed by atoms with E-state index in [1.807, 2.05) is 0 Å². The van der Waals surface area contributed by atoms with E-state index in [9.17, 15) is 4.39 Å². The van der Waals surface area contributed by atoms with Crippen LogP contribution in [0.1, 0.15) is 0 Å². The third-order valence-electron chi connectivity index (χ3n) is 1.34. The minimum atomic E-state index is -1.84. The van der Waals surface area contributed by atoms with Crippen LogP contribution >= 0.6 is 0 Å². The third-order valence-corrected chi connectivity index (χ3v) is 1.34. The van der Waals surface area contributed by atoms with Crippen LogP contribution in [-0.4, -0.2) is 29.3 Å². The smallest absolute Gasteiger partial charge is 0.481 e. The van der Waals surface area contributed by atoms with E-state index in [0.29, 0.717) is 0 Å².